The molecule has 5 nitrogen and oxygen atoms in total. The van der Waals surface area contributed by atoms with Gasteiger partial charge >= 0.3 is 0 Å². The summed E-state index contributed by atoms with van der Waals surface area (Å²) in [5, 5.41) is 3.94. The summed E-state index contributed by atoms with van der Waals surface area (Å²) in [6, 6.07) is 12.7. The molecule has 0 atom stereocenters. The maximum Gasteiger partial charge on any atom is 0.270 e. The molecule has 8 heteroatoms. The zero-order chi connectivity index (χ0) is 20.9. The summed E-state index contributed by atoms with van der Waals surface area (Å²) in [6.07, 6.45) is 1.60. The topological polar surface area (TPSA) is 54.3 Å². The minimum Gasteiger partial charge on any atom is -0.347 e. The number of anilines is 1. The van der Waals surface area contributed by atoms with Crippen molar-refractivity contribution in [2.24, 2.45) is 7.05 Å². The molecule has 29 heavy (non-hydrogen) atoms. The SMILES string of the molecule is Cc1c(C=C2C(=O)NC(=S)N(c3cccc(Cl)c3Cl)C2=O)c2ccccc2n1C. The number of aromatic nitrogens is 1. The zero-order valence-electron chi connectivity index (χ0n) is 15.5. The van der Waals surface area contributed by atoms with E-state index in [1.165, 1.54) is 4.90 Å². The van der Waals surface area contributed by atoms with Crippen molar-refractivity contribution in [1.82, 2.24) is 9.88 Å². The van der Waals surface area contributed by atoms with Gasteiger partial charge in [-0.1, -0.05) is 47.5 Å². The van der Waals surface area contributed by atoms with Crippen LogP contribution in [-0.2, 0) is 16.6 Å². The van der Waals surface area contributed by atoms with Crippen LogP contribution in [0.5, 0.6) is 0 Å². The standard InChI is InChI=1S/C21H15Cl2N3O2S/c1-11-13(12-6-3-4-8-16(12)25(11)2)10-14-19(27)24-21(29)26(20(14)28)17-9-5-7-15(22)18(17)23/h3-10H,1-2H3,(H,24,27,29). The number of hydrogen-bond donors (Lipinski definition) is 1. The lowest BCUT2D eigenvalue weighted by molar-refractivity contribution is -0.122. The van der Waals surface area contributed by atoms with Gasteiger partial charge in [-0.15, -0.1) is 0 Å². The largest absolute Gasteiger partial charge is 0.347 e. The predicted octanol–water partition coefficient (Wildman–Crippen LogP) is 4.62. The molecular weight excluding hydrogens is 429 g/mol. The summed E-state index contributed by atoms with van der Waals surface area (Å²) < 4.78 is 2.02. The van der Waals surface area contributed by atoms with Crippen molar-refractivity contribution in [3.63, 3.8) is 0 Å². The van der Waals surface area contributed by atoms with Gasteiger partial charge in [-0.3, -0.25) is 19.8 Å². The van der Waals surface area contributed by atoms with E-state index in [0.717, 1.165) is 22.2 Å². The highest BCUT2D eigenvalue weighted by atomic mass is 35.5. The number of nitrogens with zero attached hydrogens (tertiary/aromatic N) is 2. The lowest BCUT2D eigenvalue weighted by Crippen LogP contribution is -2.54. The molecular formula is C21H15Cl2N3O2S. The fourth-order valence-electron chi connectivity index (χ4n) is 3.42. The van der Waals surface area contributed by atoms with Gasteiger partial charge in [0.15, 0.2) is 5.11 Å². The maximum absolute atomic E-state index is 13.3. The van der Waals surface area contributed by atoms with E-state index in [0.29, 0.717) is 5.69 Å². The van der Waals surface area contributed by atoms with Crippen LogP contribution in [-0.4, -0.2) is 21.5 Å². The number of carbonyl (C=O) groups is 2. The van der Waals surface area contributed by atoms with Gasteiger partial charge in [0.2, 0.25) is 0 Å². The second kappa shape index (κ2) is 7.30. The van der Waals surface area contributed by atoms with E-state index in [9.17, 15) is 9.59 Å². The average molecular weight is 444 g/mol. The number of benzene rings is 2. The molecule has 0 aliphatic carbocycles. The highest BCUT2D eigenvalue weighted by Crippen LogP contribution is 2.35. The third kappa shape index (κ3) is 3.13. The summed E-state index contributed by atoms with van der Waals surface area (Å²) in [4.78, 5) is 27.1. The molecule has 3 aromatic rings. The van der Waals surface area contributed by atoms with Crippen LogP contribution in [0.15, 0.2) is 48.0 Å². The number of rotatable bonds is 2. The Balaban J connectivity index is 1.88. The molecule has 1 saturated heterocycles. The third-order valence-electron chi connectivity index (χ3n) is 5.01. The molecule has 1 aromatic heterocycles. The Morgan fingerprint density at radius 2 is 1.79 bits per heavy atom. The number of carbonyl (C=O) groups excluding carboxylic acids is 2. The van der Waals surface area contributed by atoms with Gasteiger partial charge in [0, 0.05) is 29.2 Å². The lowest BCUT2D eigenvalue weighted by atomic mass is 10.0. The number of para-hydroxylation sites is 1. The quantitative estimate of drug-likeness (QED) is 0.357. The van der Waals surface area contributed by atoms with Gasteiger partial charge in [-0.05, 0) is 43.4 Å². The highest BCUT2D eigenvalue weighted by molar-refractivity contribution is 7.80. The predicted molar refractivity (Wildman–Crippen MR) is 120 cm³/mol. The Kier molecular flexibility index (Phi) is 4.94. The number of thiocarbonyl (C=S) groups is 1. The van der Waals surface area contributed by atoms with Gasteiger partial charge in [-0.25, -0.2) is 0 Å². The summed E-state index contributed by atoms with van der Waals surface area (Å²) in [5.74, 6) is -1.11. The molecule has 1 aliphatic heterocycles. The molecule has 0 spiro atoms. The second-order valence-corrected chi connectivity index (χ2v) is 7.78. The van der Waals surface area contributed by atoms with E-state index in [4.69, 9.17) is 35.4 Å². The van der Waals surface area contributed by atoms with Crippen molar-refractivity contribution in [2.45, 2.75) is 6.92 Å². The maximum atomic E-state index is 13.3. The lowest BCUT2D eigenvalue weighted by Gasteiger charge is -2.29. The molecule has 2 heterocycles. The highest BCUT2D eigenvalue weighted by Gasteiger charge is 2.36. The van der Waals surface area contributed by atoms with Crippen LogP contribution < -0.4 is 10.2 Å². The fraction of sp³-hybridized carbons (Fsp3) is 0.0952. The second-order valence-electron chi connectivity index (χ2n) is 6.61. The van der Waals surface area contributed by atoms with Crippen molar-refractivity contribution in [3.8, 4) is 0 Å². The first kappa shape index (κ1) is 19.6. The Labute approximate surface area is 182 Å². The minimum atomic E-state index is -0.560. The summed E-state index contributed by atoms with van der Waals surface area (Å²) in [7, 11) is 1.94. The molecule has 1 aliphatic rings. The van der Waals surface area contributed by atoms with Crippen LogP contribution in [0, 0.1) is 6.92 Å². The first-order valence-corrected chi connectivity index (χ1v) is 9.87. The Bertz CT molecular complexity index is 1250. The van der Waals surface area contributed by atoms with Crippen molar-refractivity contribution in [2.75, 3.05) is 4.90 Å². The monoisotopic (exact) mass is 443 g/mol. The fourth-order valence-corrected chi connectivity index (χ4v) is 4.07. The summed E-state index contributed by atoms with van der Waals surface area (Å²) in [6.45, 7) is 1.94. The first-order chi connectivity index (χ1) is 13.8. The van der Waals surface area contributed by atoms with Crippen molar-refractivity contribution >= 4 is 75.0 Å². The molecule has 0 saturated carbocycles. The van der Waals surface area contributed by atoms with Crippen molar-refractivity contribution in [3.05, 3.63) is 69.3 Å². The molecule has 0 unspecified atom stereocenters. The van der Waals surface area contributed by atoms with Gasteiger partial charge < -0.3 is 4.57 Å². The van der Waals surface area contributed by atoms with Crippen molar-refractivity contribution in [1.29, 1.82) is 0 Å². The number of amides is 2. The Morgan fingerprint density at radius 1 is 1.07 bits per heavy atom. The molecule has 0 bridgehead atoms. The Hall–Kier alpha value is -2.67. The number of hydrogen-bond acceptors (Lipinski definition) is 3. The van der Waals surface area contributed by atoms with Gasteiger partial charge in [0.05, 0.1) is 15.7 Å². The molecule has 0 radical (unpaired) electrons. The van der Waals surface area contributed by atoms with Crippen LogP contribution in [0.25, 0.3) is 17.0 Å². The van der Waals surface area contributed by atoms with Crippen LogP contribution >= 0.6 is 35.4 Å². The van der Waals surface area contributed by atoms with E-state index < -0.39 is 11.8 Å². The van der Waals surface area contributed by atoms with Crippen LogP contribution in [0.3, 0.4) is 0 Å². The number of aryl methyl sites for hydroxylation is 1. The third-order valence-corrected chi connectivity index (χ3v) is 6.10. The molecule has 2 amide bonds. The molecule has 4 rings (SSSR count). The van der Waals surface area contributed by atoms with Crippen LogP contribution in [0.1, 0.15) is 11.3 Å². The van der Waals surface area contributed by atoms with E-state index in [-0.39, 0.29) is 20.7 Å². The van der Waals surface area contributed by atoms with Crippen molar-refractivity contribution < 1.29 is 9.59 Å². The first-order valence-electron chi connectivity index (χ1n) is 8.70. The Morgan fingerprint density at radius 3 is 2.55 bits per heavy atom. The van der Waals surface area contributed by atoms with Gasteiger partial charge in [0.1, 0.15) is 5.57 Å². The summed E-state index contributed by atoms with van der Waals surface area (Å²) in [5.41, 5.74) is 3.01. The zero-order valence-corrected chi connectivity index (χ0v) is 17.8. The molecule has 1 N–H and O–H groups in total. The number of fused-ring (bicyclic) bond motifs is 1. The normalized spacial score (nSPS) is 16.1. The average Bonchev–Trinajstić information content (AvgIpc) is 2.93. The summed E-state index contributed by atoms with van der Waals surface area (Å²) >= 11 is 17.6. The van der Waals surface area contributed by atoms with E-state index >= 15 is 0 Å². The van der Waals surface area contributed by atoms with Crippen LogP contribution in [0.2, 0.25) is 10.0 Å². The molecule has 1 fully saturated rings. The van der Waals surface area contributed by atoms with E-state index in [1.54, 1.807) is 24.3 Å². The van der Waals surface area contributed by atoms with Crippen LogP contribution in [0.4, 0.5) is 5.69 Å². The smallest absolute Gasteiger partial charge is 0.270 e. The molecule has 2 aromatic carbocycles. The van der Waals surface area contributed by atoms with E-state index in [1.807, 2.05) is 42.8 Å². The number of halogens is 2. The van der Waals surface area contributed by atoms with E-state index in [2.05, 4.69) is 5.32 Å². The molecule has 146 valence electrons. The van der Waals surface area contributed by atoms with Gasteiger partial charge in [-0.2, -0.15) is 0 Å². The number of nitrogens with one attached hydrogen (secondary N) is 1. The minimum absolute atomic E-state index is 0.0332. The van der Waals surface area contributed by atoms with Gasteiger partial charge in [0.25, 0.3) is 11.8 Å².